The Morgan fingerprint density at radius 1 is 0.966 bits per heavy atom. The summed E-state index contributed by atoms with van der Waals surface area (Å²) in [7, 11) is 0. The second-order valence-electron chi connectivity index (χ2n) is 7.22. The molecule has 4 rings (SSSR count). The van der Waals surface area contributed by atoms with E-state index in [1.807, 2.05) is 29.8 Å². The number of aryl methyl sites for hydroxylation is 1. The van der Waals surface area contributed by atoms with Crippen molar-refractivity contribution in [1.82, 2.24) is 9.88 Å². The van der Waals surface area contributed by atoms with Crippen molar-refractivity contribution in [3.05, 3.63) is 102 Å². The normalized spacial score (nSPS) is 11.4. The average molecular weight is 388 g/mol. The number of rotatable bonds is 7. The molecule has 2 N–H and O–H groups in total. The molecular formula is C25H25FN2O. The summed E-state index contributed by atoms with van der Waals surface area (Å²) in [6.45, 7) is 3.47. The Kier molecular flexibility index (Phi) is 5.63. The van der Waals surface area contributed by atoms with E-state index in [-0.39, 0.29) is 11.8 Å². The van der Waals surface area contributed by atoms with Gasteiger partial charge in [0.05, 0.1) is 11.6 Å². The monoisotopic (exact) mass is 388 g/mol. The first-order valence-electron chi connectivity index (χ1n) is 10.0. The summed E-state index contributed by atoms with van der Waals surface area (Å²) in [5, 5.41) is 14.7. The zero-order valence-electron chi connectivity index (χ0n) is 16.5. The number of fused-ring (bicyclic) bond motifs is 1. The average Bonchev–Trinajstić information content (AvgIpc) is 3.10. The molecule has 0 unspecified atom stereocenters. The van der Waals surface area contributed by atoms with Gasteiger partial charge >= 0.3 is 0 Å². The lowest BCUT2D eigenvalue weighted by Crippen LogP contribution is -2.24. The Labute approximate surface area is 170 Å². The molecular weight excluding hydrogens is 363 g/mol. The van der Waals surface area contributed by atoms with E-state index in [9.17, 15) is 9.50 Å². The van der Waals surface area contributed by atoms with Crippen LogP contribution in [-0.2, 0) is 13.0 Å². The Balaban J connectivity index is 1.58. The molecule has 148 valence electrons. The minimum atomic E-state index is -0.416. The van der Waals surface area contributed by atoms with Crippen LogP contribution >= 0.6 is 0 Å². The van der Waals surface area contributed by atoms with Crippen molar-refractivity contribution < 1.29 is 9.50 Å². The molecule has 0 saturated carbocycles. The number of halogens is 1. The molecule has 3 aromatic carbocycles. The fourth-order valence-electron chi connectivity index (χ4n) is 3.98. The number of nitrogens with one attached hydrogen (secondary N) is 1. The number of hydrogen-bond donors (Lipinski definition) is 2. The highest BCUT2D eigenvalue weighted by Gasteiger charge is 2.16. The summed E-state index contributed by atoms with van der Waals surface area (Å²) in [4.78, 5) is 0. The van der Waals surface area contributed by atoms with Crippen molar-refractivity contribution in [2.45, 2.75) is 25.9 Å². The highest BCUT2D eigenvalue weighted by atomic mass is 19.1. The third kappa shape index (κ3) is 4.03. The van der Waals surface area contributed by atoms with Gasteiger partial charge in [0.1, 0.15) is 11.6 Å². The van der Waals surface area contributed by atoms with Gasteiger partial charge in [-0.05, 0) is 36.1 Å². The number of nitrogens with zero attached hydrogens (tertiary/aromatic N) is 1. The minimum absolute atomic E-state index is 0.00451. The largest absolute Gasteiger partial charge is 0.507 e. The topological polar surface area (TPSA) is 37.2 Å². The summed E-state index contributed by atoms with van der Waals surface area (Å²) in [6.07, 6.45) is 2.75. The number of benzene rings is 3. The molecule has 0 radical (unpaired) electrons. The number of aromatic hydroxyl groups is 1. The molecule has 0 saturated heterocycles. The first-order chi connectivity index (χ1) is 14.2. The van der Waals surface area contributed by atoms with E-state index >= 15 is 0 Å². The molecule has 29 heavy (non-hydrogen) atoms. The van der Waals surface area contributed by atoms with Crippen molar-refractivity contribution in [3.8, 4) is 5.75 Å². The van der Waals surface area contributed by atoms with E-state index in [1.165, 1.54) is 23.3 Å². The predicted molar refractivity (Wildman–Crippen MR) is 116 cm³/mol. The zero-order chi connectivity index (χ0) is 20.2. The molecule has 3 nitrogen and oxygen atoms in total. The van der Waals surface area contributed by atoms with Crippen LogP contribution in [0.1, 0.15) is 29.7 Å². The van der Waals surface area contributed by atoms with E-state index in [0.717, 1.165) is 36.0 Å². The van der Waals surface area contributed by atoms with Gasteiger partial charge < -0.3 is 15.0 Å². The standard InChI is InChI=1S/C25H25FN2O/c1-2-28-17-20(24-22(28)15-21(26)16-23(24)29)13-14-27-25(18-9-5-3-6-10-18)19-11-7-4-8-12-19/h3-12,15-17,25,27,29H,2,13-14H2,1H3. The van der Waals surface area contributed by atoms with Crippen molar-refractivity contribution in [3.63, 3.8) is 0 Å². The molecule has 0 atom stereocenters. The van der Waals surface area contributed by atoms with Gasteiger partial charge in [0.25, 0.3) is 0 Å². The Bertz CT molecular complexity index is 1050. The molecule has 4 aromatic rings. The van der Waals surface area contributed by atoms with Gasteiger partial charge in [-0.2, -0.15) is 0 Å². The molecule has 0 aliphatic rings. The molecule has 0 aliphatic carbocycles. The number of phenolic OH excluding ortho intramolecular Hbond substituents is 1. The van der Waals surface area contributed by atoms with Crippen LogP contribution < -0.4 is 5.32 Å². The van der Waals surface area contributed by atoms with Crippen LogP contribution in [-0.4, -0.2) is 16.2 Å². The lowest BCUT2D eigenvalue weighted by molar-refractivity contribution is 0.475. The van der Waals surface area contributed by atoms with Crippen LogP contribution in [0.3, 0.4) is 0 Å². The third-order valence-corrected chi connectivity index (χ3v) is 5.35. The molecule has 1 aromatic heterocycles. The van der Waals surface area contributed by atoms with Gasteiger partial charge in [0.15, 0.2) is 0 Å². The summed E-state index contributed by atoms with van der Waals surface area (Å²) >= 11 is 0. The van der Waals surface area contributed by atoms with E-state index in [2.05, 4.69) is 53.8 Å². The van der Waals surface area contributed by atoms with Crippen LogP contribution in [0, 0.1) is 5.82 Å². The van der Waals surface area contributed by atoms with Crippen LogP contribution in [0.15, 0.2) is 79.0 Å². The maximum absolute atomic E-state index is 13.8. The lowest BCUT2D eigenvalue weighted by Gasteiger charge is -2.20. The molecule has 0 bridgehead atoms. The molecule has 4 heteroatoms. The smallest absolute Gasteiger partial charge is 0.129 e. The quantitative estimate of drug-likeness (QED) is 0.443. The maximum Gasteiger partial charge on any atom is 0.129 e. The van der Waals surface area contributed by atoms with Gasteiger partial charge in [0.2, 0.25) is 0 Å². The van der Waals surface area contributed by atoms with Crippen LogP contribution in [0.4, 0.5) is 4.39 Å². The fourth-order valence-corrected chi connectivity index (χ4v) is 3.98. The van der Waals surface area contributed by atoms with Crippen molar-refractivity contribution in [1.29, 1.82) is 0 Å². The van der Waals surface area contributed by atoms with Gasteiger partial charge in [0, 0.05) is 30.7 Å². The molecule has 0 spiro atoms. The number of phenols is 1. The highest BCUT2D eigenvalue weighted by Crippen LogP contribution is 2.31. The van der Waals surface area contributed by atoms with Crippen LogP contribution in [0.5, 0.6) is 5.75 Å². The van der Waals surface area contributed by atoms with Crippen molar-refractivity contribution in [2.24, 2.45) is 0 Å². The molecule has 0 aliphatic heterocycles. The zero-order valence-corrected chi connectivity index (χ0v) is 16.5. The SMILES string of the molecule is CCn1cc(CCNC(c2ccccc2)c2ccccc2)c2c(O)cc(F)cc21. The minimum Gasteiger partial charge on any atom is -0.507 e. The van der Waals surface area contributed by atoms with Crippen LogP contribution in [0.2, 0.25) is 0 Å². The summed E-state index contributed by atoms with van der Waals surface area (Å²) in [5.74, 6) is -0.412. The fraction of sp³-hybridized carbons (Fsp3) is 0.200. The maximum atomic E-state index is 13.8. The Morgan fingerprint density at radius 3 is 2.17 bits per heavy atom. The van der Waals surface area contributed by atoms with Crippen LogP contribution in [0.25, 0.3) is 10.9 Å². The van der Waals surface area contributed by atoms with Gasteiger partial charge in [-0.25, -0.2) is 4.39 Å². The predicted octanol–water partition coefficient (Wildman–Crippen LogP) is 5.43. The third-order valence-electron chi connectivity index (χ3n) is 5.35. The Morgan fingerprint density at radius 2 is 1.59 bits per heavy atom. The van der Waals surface area contributed by atoms with E-state index < -0.39 is 5.82 Å². The summed E-state index contributed by atoms with van der Waals surface area (Å²) in [6, 6.07) is 23.5. The first kappa shape index (κ1) is 19.2. The second kappa shape index (κ2) is 8.50. The second-order valence-corrected chi connectivity index (χ2v) is 7.22. The van der Waals surface area contributed by atoms with Gasteiger partial charge in [-0.15, -0.1) is 0 Å². The molecule has 0 fully saturated rings. The molecule has 1 heterocycles. The first-order valence-corrected chi connectivity index (χ1v) is 10.0. The Hall–Kier alpha value is -3.11. The highest BCUT2D eigenvalue weighted by molar-refractivity contribution is 5.89. The van der Waals surface area contributed by atoms with Crippen molar-refractivity contribution in [2.75, 3.05) is 6.54 Å². The molecule has 0 amide bonds. The van der Waals surface area contributed by atoms with E-state index in [0.29, 0.717) is 0 Å². The van der Waals surface area contributed by atoms with E-state index in [1.54, 1.807) is 0 Å². The summed E-state index contributed by atoms with van der Waals surface area (Å²) in [5.41, 5.74) is 4.17. The summed E-state index contributed by atoms with van der Waals surface area (Å²) < 4.78 is 15.8. The lowest BCUT2D eigenvalue weighted by atomic mass is 9.98. The van der Waals surface area contributed by atoms with E-state index in [4.69, 9.17) is 0 Å². The number of aromatic nitrogens is 1. The number of hydrogen-bond acceptors (Lipinski definition) is 2. The van der Waals surface area contributed by atoms with Gasteiger partial charge in [-0.3, -0.25) is 0 Å². The van der Waals surface area contributed by atoms with Crippen molar-refractivity contribution >= 4 is 10.9 Å². The van der Waals surface area contributed by atoms with Gasteiger partial charge in [-0.1, -0.05) is 60.7 Å².